The van der Waals surface area contributed by atoms with Crippen LogP contribution in [0.25, 0.3) is 68.5 Å². The Morgan fingerprint density at radius 2 is 0.743 bits per heavy atom. The molecule has 11 aromatic rings. The molecular formula is C104H131F8N21O11. The van der Waals surface area contributed by atoms with E-state index in [2.05, 4.69) is 103 Å². The number of hydrogen-bond donors (Lipinski definition) is 7. The van der Waals surface area contributed by atoms with Crippen molar-refractivity contribution in [3.8, 4) is 68.5 Å². The summed E-state index contributed by atoms with van der Waals surface area (Å²) in [7, 11) is 8.65. The molecule has 0 spiro atoms. The lowest BCUT2D eigenvalue weighted by molar-refractivity contribution is -0.125. The molecule has 7 N–H and O–H groups in total. The number of nitrogens with zero attached hydrogens (tertiary/aromatic N) is 14. The summed E-state index contributed by atoms with van der Waals surface area (Å²) in [5.74, 6) is -6.43. The zero-order valence-electron chi connectivity index (χ0n) is 85.5. The minimum atomic E-state index is -0.989. The van der Waals surface area contributed by atoms with Gasteiger partial charge in [-0.2, -0.15) is 0 Å². The number of carbonyl (C=O) groups is 7. The highest BCUT2D eigenvalue weighted by atomic mass is 19.2. The van der Waals surface area contributed by atoms with Crippen LogP contribution in [0.5, 0.6) is 0 Å². The maximum Gasteiger partial charge on any atom is 0.272 e. The van der Waals surface area contributed by atoms with Crippen LogP contribution in [0.4, 0.5) is 35.1 Å². The normalized spacial score (nSPS) is 16.2. The number of carbonyl (C=O) groups excluding carboxylic acids is 7. The lowest BCUT2D eigenvalue weighted by atomic mass is 9.86. The van der Waals surface area contributed by atoms with Gasteiger partial charge in [0.1, 0.15) is 47.2 Å². The van der Waals surface area contributed by atoms with Gasteiger partial charge in [-0.1, -0.05) is 106 Å². The minimum Gasteiger partial charge on any atom is -0.419 e. The highest BCUT2D eigenvalue weighted by Gasteiger charge is 2.40. The molecule has 0 bridgehead atoms. The summed E-state index contributed by atoms with van der Waals surface area (Å²) in [6.45, 7) is 37.9. The van der Waals surface area contributed by atoms with Crippen molar-refractivity contribution < 1.29 is 87.3 Å². The van der Waals surface area contributed by atoms with Crippen molar-refractivity contribution in [2.45, 2.75) is 256 Å². The van der Waals surface area contributed by atoms with E-state index in [1.807, 2.05) is 148 Å². The number of benzene rings is 5. The largest absolute Gasteiger partial charge is 0.419 e. The van der Waals surface area contributed by atoms with E-state index in [4.69, 9.17) is 23.6 Å². The van der Waals surface area contributed by atoms with Crippen LogP contribution in [0, 0.1) is 63.3 Å². The molecule has 5 aromatic carbocycles. The highest BCUT2D eigenvalue weighted by Crippen LogP contribution is 2.38. The fourth-order valence-electron chi connectivity index (χ4n) is 17.0. The lowest BCUT2D eigenvalue weighted by Crippen LogP contribution is -2.53. The van der Waals surface area contributed by atoms with Crippen molar-refractivity contribution in [3.63, 3.8) is 0 Å². The predicted octanol–water partition coefficient (Wildman–Crippen LogP) is 15.6. The topological polar surface area (TPSA) is 366 Å². The van der Waals surface area contributed by atoms with Crippen LogP contribution in [0.15, 0.2) is 108 Å². The van der Waals surface area contributed by atoms with Gasteiger partial charge in [0.05, 0.1) is 48.3 Å². The van der Waals surface area contributed by atoms with Crippen LogP contribution in [0.2, 0.25) is 0 Å². The van der Waals surface area contributed by atoms with Crippen molar-refractivity contribution in [2.75, 3.05) is 55.1 Å². The summed E-state index contributed by atoms with van der Waals surface area (Å²) in [6.07, 6.45) is 4.48. The van der Waals surface area contributed by atoms with Gasteiger partial charge >= 0.3 is 0 Å². The fraction of sp³-hybridized carbons (Fsp3) is 0.481. The molecule has 5 aliphatic rings. The number of nitrogens with one attached hydrogen (secondary N) is 7. The molecule has 5 atom stereocenters. The number of amides is 7. The van der Waals surface area contributed by atoms with E-state index in [-0.39, 0.29) is 77.2 Å². The van der Waals surface area contributed by atoms with E-state index in [0.717, 1.165) is 104 Å². The molecule has 6 aromatic heterocycles. The number of likely N-dealkylation sites (N-methyl/N-ethyl adjacent to an activating group) is 3. The Kier molecular flexibility index (Phi) is 35.5. The number of imidazole rings is 5. The van der Waals surface area contributed by atoms with E-state index in [1.54, 1.807) is 11.6 Å². The van der Waals surface area contributed by atoms with Gasteiger partial charge in [-0.15, -0.1) is 10.2 Å². The number of hydrogen-bond acceptors (Lipinski definition) is 20. The zero-order valence-corrected chi connectivity index (χ0v) is 85.5. The molecule has 0 saturated carbocycles. The molecule has 144 heavy (non-hydrogen) atoms. The summed E-state index contributed by atoms with van der Waals surface area (Å²) < 4.78 is 141. The summed E-state index contributed by atoms with van der Waals surface area (Å²) >= 11 is 0. The Morgan fingerprint density at radius 3 is 1.09 bits per heavy atom. The van der Waals surface area contributed by atoms with Crippen LogP contribution in [0.1, 0.15) is 226 Å². The second-order valence-electron chi connectivity index (χ2n) is 41.0. The molecule has 40 heteroatoms. The third-order valence-electron chi connectivity index (χ3n) is 25.2. The number of rotatable bonds is 18. The first-order valence-corrected chi connectivity index (χ1v) is 48.2. The molecule has 2 unspecified atom stereocenters. The lowest BCUT2D eigenvalue weighted by Gasteiger charge is -2.29. The molecule has 32 nitrogen and oxygen atoms in total. The van der Waals surface area contributed by atoms with E-state index in [0.29, 0.717) is 170 Å². The summed E-state index contributed by atoms with van der Waals surface area (Å²) in [4.78, 5) is 117. The Balaban J connectivity index is 0.000000161. The number of halogens is 8. The van der Waals surface area contributed by atoms with Gasteiger partial charge in [-0.3, -0.25) is 43.4 Å². The first kappa shape index (κ1) is 110. The maximum absolute atomic E-state index is 14.0. The first-order chi connectivity index (χ1) is 68.0. The Hall–Kier alpha value is -13.2. The fourth-order valence-corrected chi connectivity index (χ4v) is 17.0. The van der Waals surface area contributed by atoms with Crippen LogP contribution in [-0.4, -0.2) is 200 Å². The molecule has 16 rings (SSSR count). The SMILES string of the molecule is CC(C)(C)NC(=O)c1nc(-c2ccc(F)c(F)c2)n2c1COCCC2.CC(C)(C)c1nnc(-c2nc(-c3ccc(F)c(F)c3)n3c2COCCC3)o1.CNC(=O)[C@@H](NC(=O)c1nc(-c2ccc(F)c(F)c2)n2c1CN(C)C(C)CC2)C(C)(C)C.CNC(=O)[C@@H](NC(=O)c1nc(-c2ccccc2)n2c1CN(C)C(C)CC2)C(C)(C)C.CNC(=O)[C@H](CC(C)C)NC(=O)c1nc(-c2ccc(F)c(F)c2)n2c1COCCC2. The summed E-state index contributed by atoms with van der Waals surface area (Å²) in [5.41, 5.74) is 6.01. The third kappa shape index (κ3) is 26.3. The van der Waals surface area contributed by atoms with Crippen LogP contribution in [-0.2, 0) is 99.6 Å². The average Bonchev–Trinajstić information content (AvgIpc) is 1.61. The highest BCUT2D eigenvalue weighted by molar-refractivity contribution is 6.00. The van der Waals surface area contributed by atoms with Gasteiger partial charge in [0.25, 0.3) is 29.5 Å². The minimum absolute atomic E-state index is 0.120. The van der Waals surface area contributed by atoms with E-state index in [1.165, 1.54) is 38.4 Å². The predicted molar refractivity (Wildman–Crippen MR) is 525 cm³/mol. The third-order valence-corrected chi connectivity index (χ3v) is 25.2. The quantitative estimate of drug-likeness (QED) is 0.0392. The number of fused-ring (bicyclic) bond motifs is 5. The van der Waals surface area contributed by atoms with Gasteiger partial charge in [-0.25, -0.2) is 60.0 Å². The van der Waals surface area contributed by atoms with Crippen molar-refractivity contribution in [3.05, 3.63) is 207 Å². The van der Waals surface area contributed by atoms with Crippen LogP contribution < -0.4 is 37.2 Å². The van der Waals surface area contributed by atoms with Crippen molar-refractivity contribution >= 4 is 41.4 Å². The molecule has 0 fully saturated rings. The molecule has 5 aliphatic heterocycles. The van der Waals surface area contributed by atoms with Crippen molar-refractivity contribution in [1.29, 1.82) is 0 Å². The Morgan fingerprint density at radius 1 is 0.403 bits per heavy atom. The number of ether oxygens (including phenoxy) is 3. The Bertz CT molecular complexity index is 6450. The van der Waals surface area contributed by atoms with E-state index >= 15 is 0 Å². The van der Waals surface area contributed by atoms with Crippen molar-refractivity contribution in [2.24, 2.45) is 16.7 Å². The second-order valence-corrected chi connectivity index (χ2v) is 41.0. The van der Waals surface area contributed by atoms with Gasteiger partial charge in [0, 0.05) is 138 Å². The van der Waals surface area contributed by atoms with Crippen LogP contribution in [0.3, 0.4) is 0 Å². The molecule has 774 valence electrons. The molecule has 0 saturated heterocycles. The maximum atomic E-state index is 14.0. The smallest absolute Gasteiger partial charge is 0.272 e. The molecule has 11 heterocycles. The molecule has 0 radical (unpaired) electrons. The van der Waals surface area contributed by atoms with Gasteiger partial charge in [0.2, 0.25) is 23.6 Å². The number of aromatic nitrogens is 12. The van der Waals surface area contributed by atoms with Gasteiger partial charge < -0.3 is 78.7 Å². The molecular weight excluding hydrogens is 1870 g/mol. The molecule has 7 amide bonds. The van der Waals surface area contributed by atoms with Crippen molar-refractivity contribution in [1.82, 2.24) is 105 Å². The summed E-state index contributed by atoms with van der Waals surface area (Å²) in [6, 6.07) is 23.0. The average molecular weight is 2000 g/mol. The van der Waals surface area contributed by atoms with E-state index in [9.17, 15) is 68.7 Å². The molecule has 0 aliphatic carbocycles. The first-order valence-electron chi connectivity index (χ1n) is 48.2. The second kappa shape index (κ2) is 46.7. The van der Waals surface area contributed by atoms with Crippen LogP contribution >= 0.6 is 0 Å². The van der Waals surface area contributed by atoms with Gasteiger partial charge in [0.15, 0.2) is 75.0 Å². The summed E-state index contributed by atoms with van der Waals surface area (Å²) in [5, 5.41) is 27.5. The zero-order chi connectivity index (χ0) is 105. The van der Waals surface area contributed by atoms with E-state index < -0.39 is 92.8 Å². The standard InChI is InChI=1S/C23H31F2N5O2.C23H33N5O2.C21H26F2N4O3.C19H20F2N4O2.C18H21F2N3O2/c1-13-9-10-30-17(12-29(13)6)18(21(31)28-19(22(32)26-5)23(2,3)4)27-20(30)14-7-8-15(24)16(25)11-14;1-15-12-13-28-17(14-27(15)6)18(25-20(28)16-10-8-7-9-11-16)21(29)26-19(22(30)24-5)23(2,3)4;1-12(2)9-16(20(28)24-3)25-21(29)18-17-11-30-8-4-7-27(17)19(26-18)13-5-6-14(22)15(23)10-13;1-19(2,3)18-24-23-17(27-18)15-14-10-26-8-4-7-25(14)16(22-15)11-5-6-12(20)13(21)9-11;1-18(2,3)22-17(24)15-14-10-25-8-4-7-23(14)16(21-15)11-5-6-12(19)13(20)9-11/h7-8,11,13,19H,9-10,12H2,1-6H3,(H,26,32)(H,28,31);7-11,15,19H,12-14H2,1-6H3,(H,24,30)(H,26,29);5-6,10,12,16H,4,7-9,11H2,1-3H3,(H,24,28)(H,25,29);5-6,9H,4,7-8,10H2,1-3H3;5-6,9H,4,7-8,10H2,1-3H3,(H,22,24)/t13?,19-;15?,19-;16-;;/m110../s1. The Labute approximate surface area is 832 Å². The monoisotopic (exact) mass is 2000 g/mol. The van der Waals surface area contributed by atoms with Gasteiger partial charge in [-0.05, 0) is 177 Å².